The number of nitrogens with one attached hydrogen (secondary N) is 1. The van der Waals surface area contributed by atoms with Crippen LogP contribution in [0.1, 0.15) is 36.9 Å². The number of aromatic carboxylic acids is 1. The molecule has 3 heterocycles. The molecule has 1 aromatic heterocycles. The van der Waals surface area contributed by atoms with Gasteiger partial charge in [-0.15, -0.1) is 0 Å². The predicted molar refractivity (Wildman–Crippen MR) is 124 cm³/mol. The Hall–Kier alpha value is -3.27. The quantitative estimate of drug-likeness (QED) is 0.519. The van der Waals surface area contributed by atoms with Gasteiger partial charge in [0.25, 0.3) is 5.91 Å². The van der Waals surface area contributed by atoms with Crippen LogP contribution in [0.3, 0.4) is 0 Å². The van der Waals surface area contributed by atoms with Crippen molar-refractivity contribution in [1.82, 2.24) is 15.2 Å². The average Bonchev–Trinajstić information content (AvgIpc) is 3.54. The second-order valence-corrected chi connectivity index (χ2v) is 9.14. The minimum atomic E-state index is -0.926. The highest BCUT2D eigenvalue weighted by molar-refractivity contribution is 7.17. The fraction of sp³-hybridized carbons (Fsp3) is 0.292. The number of fused-ring (bicyclic) bond motifs is 1. The van der Waals surface area contributed by atoms with Crippen molar-refractivity contribution < 1.29 is 19.4 Å². The number of aryl methyl sites for hydroxylation is 1. The number of thiazole rings is 1. The van der Waals surface area contributed by atoms with Gasteiger partial charge in [-0.05, 0) is 30.2 Å². The third-order valence-electron chi connectivity index (χ3n) is 5.83. The van der Waals surface area contributed by atoms with Crippen molar-refractivity contribution in [1.29, 1.82) is 0 Å². The summed E-state index contributed by atoms with van der Waals surface area (Å²) >= 11 is 1.39. The molecule has 0 saturated carbocycles. The van der Waals surface area contributed by atoms with E-state index in [1.807, 2.05) is 43.3 Å². The second kappa shape index (κ2) is 8.93. The number of epoxide rings is 1. The number of nitrogens with zero attached hydrogens (tertiary/aromatic N) is 3. The largest absolute Gasteiger partial charge is 0.478 e. The van der Waals surface area contributed by atoms with Gasteiger partial charge in [0.1, 0.15) is 4.88 Å². The van der Waals surface area contributed by atoms with E-state index in [2.05, 4.69) is 20.1 Å². The number of ether oxygens (including phenoxy) is 1. The van der Waals surface area contributed by atoms with Crippen molar-refractivity contribution in [3.8, 4) is 0 Å². The molecule has 2 unspecified atom stereocenters. The average molecular weight is 465 g/mol. The van der Waals surface area contributed by atoms with Gasteiger partial charge in [0, 0.05) is 26.2 Å². The van der Waals surface area contributed by atoms with E-state index >= 15 is 0 Å². The fourth-order valence-electron chi connectivity index (χ4n) is 4.07. The molecular weight excluding hydrogens is 440 g/mol. The second-order valence-electron chi connectivity index (χ2n) is 8.17. The van der Waals surface area contributed by atoms with E-state index in [1.165, 1.54) is 11.3 Å². The summed E-state index contributed by atoms with van der Waals surface area (Å²) in [4.78, 5) is 33.5. The Morgan fingerprint density at radius 1 is 1.12 bits per heavy atom. The van der Waals surface area contributed by atoms with Gasteiger partial charge in [-0.25, -0.2) is 9.78 Å². The molecule has 0 bridgehead atoms. The Kier molecular flexibility index (Phi) is 5.84. The molecular formula is C24H24N4O4S. The number of carbonyl (C=O) groups excluding carboxylic acids is 1. The summed E-state index contributed by atoms with van der Waals surface area (Å²) < 4.78 is 5.92. The molecule has 2 N–H and O–H groups in total. The molecule has 5 rings (SSSR count). The number of rotatable bonds is 7. The monoisotopic (exact) mass is 464 g/mol. The summed E-state index contributed by atoms with van der Waals surface area (Å²) in [6.45, 7) is 4.43. The van der Waals surface area contributed by atoms with E-state index < -0.39 is 5.97 Å². The van der Waals surface area contributed by atoms with Crippen LogP contribution in [-0.4, -0.2) is 52.4 Å². The maximum atomic E-state index is 12.7. The lowest BCUT2D eigenvalue weighted by Gasteiger charge is -2.30. The van der Waals surface area contributed by atoms with Crippen molar-refractivity contribution in [3.05, 3.63) is 81.9 Å². The van der Waals surface area contributed by atoms with Crippen molar-refractivity contribution in [3.63, 3.8) is 0 Å². The van der Waals surface area contributed by atoms with Gasteiger partial charge in [0.2, 0.25) is 0 Å². The summed E-state index contributed by atoms with van der Waals surface area (Å²) in [5.74, 6) is -1.05. The molecule has 8 nitrogen and oxygen atoms in total. The molecule has 9 heteroatoms. The van der Waals surface area contributed by atoms with Crippen LogP contribution in [0.25, 0.3) is 0 Å². The number of hydrogen-bond donors (Lipinski definition) is 2. The smallest absolute Gasteiger partial charge is 0.335 e. The molecule has 2 saturated heterocycles. The van der Waals surface area contributed by atoms with Gasteiger partial charge in [-0.3, -0.25) is 9.69 Å². The molecule has 2 aliphatic heterocycles. The van der Waals surface area contributed by atoms with Crippen LogP contribution in [0.4, 0.5) is 5.13 Å². The van der Waals surface area contributed by atoms with Crippen molar-refractivity contribution >= 4 is 28.3 Å². The molecule has 2 fully saturated rings. The first kappa shape index (κ1) is 21.6. The number of benzene rings is 2. The van der Waals surface area contributed by atoms with Crippen LogP contribution in [0.5, 0.6) is 0 Å². The Bertz CT molecular complexity index is 1180. The topological polar surface area (TPSA) is 98.3 Å². The van der Waals surface area contributed by atoms with Crippen LogP contribution >= 0.6 is 11.3 Å². The zero-order valence-electron chi connectivity index (χ0n) is 18.1. The Labute approximate surface area is 195 Å². The molecule has 1 amide bonds. The predicted octanol–water partition coefficient (Wildman–Crippen LogP) is 3.08. The number of amides is 1. The number of piperazine rings is 1. The zero-order chi connectivity index (χ0) is 22.9. The van der Waals surface area contributed by atoms with Gasteiger partial charge in [0.05, 0.1) is 11.3 Å². The minimum absolute atomic E-state index is 0.0632. The SMILES string of the molecule is Cc1nc(N2CCN(Cc3cccc(C(=O)O)c3)C3OC32)sc1C(=O)NCc1ccccc1. The third-order valence-corrected chi connectivity index (χ3v) is 7.03. The number of hydrogen-bond acceptors (Lipinski definition) is 7. The van der Waals surface area contributed by atoms with Crippen LogP contribution in [0.2, 0.25) is 0 Å². The number of carbonyl (C=O) groups is 2. The first-order valence-corrected chi connectivity index (χ1v) is 11.6. The van der Waals surface area contributed by atoms with E-state index in [1.54, 1.807) is 18.2 Å². The van der Waals surface area contributed by atoms with Crippen molar-refractivity contribution in [2.75, 3.05) is 18.0 Å². The Morgan fingerprint density at radius 3 is 2.70 bits per heavy atom. The lowest BCUT2D eigenvalue weighted by molar-refractivity contribution is 0.0696. The van der Waals surface area contributed by atoms with E-state index in [4.69, 9.17) is 4.74 Å². The van der Waals surface area contributed by atoms with Gasteiger partial charge in [-0.1, -0.05) is 53.8 Å². The number of anilines is 1. The van der Waals surface area contributed by atoms with Crippen molar-refractivity contribution in [2.45, 2.75) is 32.5 Å². The summed E-state index contributed by atoms with van der Waals surface area (Å²) in [7, 11) is 0. The number of carboxylic acid groups (broad SMARTS) is 1. The molecule has 0 spiro atoms. The number of carboxylic acids is 1. The van der Waals surface area contributed by atoms with Gasteiger partial charge >= 0.3 is 5.97 Å². The highest BCUT2D eigenvalue weighted by Gasteiger charge is 2.52. The first-order chi connectivity index (χ1) is 16.0. The van der Waals surface area contributed by atoms with E-state index in [9.17, 15) is 14.7 Å². The number of aromatic nitrogens is 1. The summed E-state index contributed by atoms with van der Waals surface area (Å²) in [5.41, 5.74) is 2.99. The molecule has 0 radical (unpaired) electrons. The molecule has 3 aromatic rings. The van der Waals surface area contributed by atoms with E-state index in [-0.39, 0.29) is 23.9 Å². The van der Waals surface area contributed by atoms with Crippen molar-refractivity contribution in [2.24, 2.45) is 0 Å². The third kappa shape index (κ3) is 4.61. The fourth-order valence-corrected chi connectivity index (χ4v) is 5.10. The lowest BCUT2D eigenvalue weighted by atomic mass is 10.1. The summed E-state index contributed by atoms with van der Waals surface area (Å²) in [5, 5.41) is 13.0. The van der Waals surface area contributed by atoms with Crippen LogP contribution in [-0.2, 0) is 17.8 Å². The normalized spacial score (nSPS) is 19.7. The molecule has 2 aromatic carbocycles. The molecule has 0 aliphatic carbocycles. The molecule has 2 atom stereocenters. The van der Waals surface area contributed by atoms with E-state index in [0.29, 0.717) is 23.7 Å². The summed E-state index contributed by atoms with van der Waals surface area (Å²) in [6, 6.07) is 16.8. The van der Waals surface area contributed by atoms with Crippen LogP contribution < -0.4 is 10.2 Å². The Balaban J connectivity index is 1.21. The molecule has 170 valence electrons. The minimum Gasteiger partial charge on any atom is -0.478 e. The standard InChI is InChI=1S/C24H24N4O4S/c1-15-19(20(29)25-13-16-6-3-2-4-7-16)33-24(26-15)28-11-10-27(21-22(28)32-21)14-17-8-5-9-18(12-17)23(30)31/h2-9,12,21-22H,10-11,13-14H2,1H3,(H,25,29)(H,30,31). The molecule has 33 heavy (non-hydrogen) atoms. The molecule has 2 aliphatic rings. The maximum Gasteiger partial charge on any atom is 0.335 e. The summed E-state index contributed by atoms with van der Waals surface area (Å²) in [6.07, 6.45) is -0.168. The lowest BCUT2D eigenvalue weighted by Crippen LogP contribution is -2.46. The van der Waals surface area contributed by atoms with Crippen LogP contribution in [0, 0.1) is 6.92 Å². The van der Waals surface area contributed by atoms with Crippen LogP contribution in [0.15, 0.2) is 54.6 Å². The highest BCUT2D eigenvalue weighted by atomic mass is 32.1. The van der Waals surface area contributed by atoms with Gasteiger partial charge < -0.3 is 20.1 Å². The highest BCUT2D eigenvalue weighted by Crippen LogP contribution is 2.39. The maximum absolute atomic E-state index is 12.7. The Morgan fingerprint density at radius 2 is 1.91 bits per heavy atom. The van der Waals surface area contributed by atoms with Gasteiger partial charge in [-0.2, -0.15) is 0 Å². The van der Waals surface area contributed by atoms with E-state index in [0.717, 1.165) is 29.3 Å². The zero-order valence-corrected chi connectivity index (χ0v) is 18.9. The van der Waals surface area contributed by atoms with Gasteiger partial charge in [0.15, 0.2) is 17.6 Å². The first-order valence-electron chi connectivity index (χ1n) is 10.8.